The van der Waals surface area contributed by atoms with Gasteiger partial charge in [0.15, 0.2) is 0 Å². The van der Waals surface area contributed by atoms with Crippen LogP contribution in [0.25, 0.3) is 0 Å². The number of rotatable bonds is 3. The SMILES string of the molecule is C#CC(NC1c2ccccc2CC1(C)C)C(C)C. The molecule has 0 spiro atoms. The predicted octanol–water partition coefficient (Wildman–Crippen LogP) is 3.56. The van der Waals surface area contributed by atoms with E-state index < -0.39 is 0 Å². The summed E-state index contributed by atoms with van der Waals surface area (Å²) in [5.74, 6) is 3.34. The van der Waals surface area contributed by atoms with Crippen molar-refractivity contribution in [1.29, 1.82) is 0 Å². The lowest BCUT2D eigenvalue weighted by atomic mass is 9.84. The second-order valence-electron chi connectivity index (χ2n) is 6.35. The molecule has 0 heterocycles. The van der Waals surface area contributed by atoms with Gasteiger partial charge in [0.2, 0.25) is 0 Å². The van der Waals surface area contributed by atoms with Gasteiger partial charge in [0, 0.05) is 6.04 Å². The summed E-state index contributed by atoms with van der Waals surface area (Å²) in [6.07, 6.45) is 6.77. The molecule has 0 saturated heterocycles. The average molecular weight is 241 g/mol. The Morgan fingerprint density at radius 3 is 2.61 bits per heavy atom. The summed E-state index contributed by atoms with van der Waals surface area (Å²) >= 11 is 0. The van der Waals surface area contributed by atoms with E-state index in [2.05, 4.69) is 63.2 Å². The first-order chi connectivity index (χ1) is 8.45. The van der Waals surface area contributed by atoms with E-state index in [9.17, 15) is 0 Å². The Hall–Kier alpha value is -1.26. The number of terminal acetylenes is 1. The highest BCUT2D eigenvalue weighted by Gasteiger charge is 2.39. The molecule has 0 radical (unpaired) electrons. The van der Waals surface area contributed by atoms with Crippen LogP contribution in [0.15, 0.2) is 24.3 Å². The van der Waals surface area contributed by atoms with Crippen LogP contribution in [-0.2, 0) is 6.42 Å². The molecule has 1 aliphatic rings. The summed E-state index contributed by atoms with van der Waals surface area (Å²) in [6, 6.07) is 9.21. The fraction of sp³-hybridized carbons (Fsp3) is 0.529. The van der Waals surface area contributed by atoms with Crippen molar-refractivity contribution in [3.8, 4) is 12.3 Å². The summed E-state index contributed by atoms with van der Waals surface area (Å²) in [6.45, 7) is 8.98. The van der Waals surface area contributed by atoms with Gasteiger partial charge < -0.3 is 0 Å². The average Bonchev–Trinajstić information content (AvgIpc) is 2.55. The van der Waals surface area contributed by atoms with E-state index in [1.54, 1.807) is 0 Å². The van der Waals surface area contributed by atoms with Gasteiger partial charge in [0.05, 0.1) is 6.04 Å². The summed E-state index contributed by atoms with van der Waals surface area (Å²) in [7, 11) is 0. The Balaban J connectivity index is 2.29. The number of fused-ring (bicyclic) bond motifs is 1. The molecule has 1 nitrogen and oxygen atoms in total. The second-order valence-corrected chi connectivity index (χ2v) is 6.35. The topological polar surface area (TPSA) is 12.0 Å². The molecule has 1 N–H and O–H groups in total. The van der Waals surface area contributed by atoms with E-state index in [1.807, 2.05) is 0 Å². The standard InChI is InChI=1S/C17H23N/c1-6-15(12(2)3)18-16-14-10-8-7-9-13(14)11-17(16,4)5/h1,7-10,12,15-16,18H,11H2,2-5H3. The minimum atomic E-state index is 0.139. The minimum absolute atomic E-state index is 0.139. The molecule has 0 aliphatic heterocycles. The van der Waals surface area contributed by atoms with Crippen LogP contribution in [-0.4, -0.2) is 6.04 Å². The molecule has 1 heteroatoms. The Morgan fingerprint density at radius 1 is 1.33 bits per heavy atom. The smallest absolute Gasteiger partial charge is 0.0715 e. The molecule has 2 unspecified atom stereocenters. The van der Waals surface area contributed by atoms with Crippen LogP contribution in [0.1, 0.15) is 44.9 Å². The zero-order valence-electron chi connectivity index (χ0n) is 11.8. The fourth-order valence-electron chi connectivity index (χ4n) is 2.92. The monoisotopic (exact) mass is 241 g/mol. The highest BCUT2D eigenvalue weighted by Crippen LogP contribution is 2.45. The Morgan fingerprint density at radius 2 is 2.00 bits per heavy atom. The summed E-state index contributed by atoms with van der Waals surface area (Å²) < 4.78 is 0. The van der Waals surface area contributed by atoms with Crippen LogP contribution < -0.4 is 5.32 Å². The maximum Gasteiger partial charge on any atom is 0.0715 e. The maximum absolute atomic E-state index is 5.65. The van der Waals surface area contributed by atoms with Crippen LogP contribution in [0.2, 0.25) is 0 Å². The molecule has 0 saturated carbocycles. The normalized spacial score (nSPS) is 22.6. The van der Waals surface area contributed by atoms with E-state index in [-0.39, 0.29) is 11.5 Å². The van der Waals surface area contributed by atoms with Crippen molar-refractivity contribution in [2.45, 2.75) is 46.2 Å². The Bertz CT molecular complexity index is 465. The Kier molecular flexibility index (Phi) is 3.50. The van der Waals surface area contributed by atoms with Gasteiger partial charge in [0.25, 0.3) is 0 Å². The zero-order valence-corrected chi connectivity index (χ0v) is 11.8. The first kappa shape index (κ1) is 13.2. The van der Waals surface area contributed by atoms with Crippen molar-refractivity contribution in [3.05, 3.63) is 35.4 Å². The molecule has 1 aromatic carbocycles. The van der Waals surface area contributed by atoms with E-state index in [4.69, 9.17) is 6.42 Å². The second kappa shape index (κ2) is 4.78. The molecule has 2 rings (SSSR count). The molecular weight excluding hydrogens is 218 g/mol. The molecule has 0 aromatic heterocycles. The molecule has 0 fully saturated rings. The van der Waals surface area contributed by atoms with Crippen LogP contribution in [0.4, 0.5) is 0 Å². The van der Waals surface area contributed by atoms with Crippen molar-refractivity contribution in [2.75, 3.05) is 0 Å². The number of benzene rings is 1. The molecule has 2 atom stereocenters. The van der Waals surface area contributed by atoms with E-state index in [1.165, 1.54) is 11.1 Å². The minimum Gasteiger partial charge on any atom is -0.296 e. The lowest BCUT2D eigenvalue weighted by Gasteiger charge is -2.32. The molecule has 1 aromatic rings. The lowest BCUT2D eigenvalue weighted by molar-refractivity contribution is 0.246. The molecular formula is C17H23N. The van der Waals surface area contributed by atoms with Crippen LogP contribution in [0.5, 0.6) is 0 Å². The highest BCUT2D eigenvalue weighted by atomic mass is 15.0. The van der Waals surface area contributed by atoms with Crippen molar-refractivity contribution in [1.82, 2.24) is 5.32 Å². The van der Waals surface area contributed by atoms with Crippen molar-refractivity contribution in [3.63, 3.8) is 0 Å². The van der Waals surface area contributed by atoms with E-state index in [0.29, 0.717) is 12.0 Å². The number of nitrogens with one attached hydrogen (secondary N) is 1. The molecule has 18 heavy (non-hydrogen) atoms. The summed E-state index contributed by atoms with van der Waals surface area (Å²) in [4.78, 5) is 0. The van der Waals surface area contributed by atoms with Crippen molar-refractivity contribution >= 4 is 0 Å². The number of hydrogen-bond acceptors (Lipinski definition) is 1. The van der Waals surface area contributed by atoms with Crippen molar-refractivity contribution < 1.29 is 0 Å². The zero-order chi connectivity index (χ0) is 13.3. The quantitative estimate of drug-likeness (QED) is 0.798. The van der Waals surface area contributed by atoms with Crippen LogP contribution in [0.3, 0.4) is 0 Å². The van der Waals surface area contributed by atoms with E-state index >= 15 is 0 Å². The van der Waals surface area contributed by atoms with Gasteiger partial charge in [0.1, 0.15) is 0 Å². The summed E-state index contributed by atoms with van der Waals surface area (Å²) in [5.41, 5.74) is 3.11. The predicted molar refractivity (Wildman–Crippen MR) is 77.3 cm³/mol. The van der Waals surface area contributed by atoms with Gasteiger partial charge in [-0.25, -0.2) is 0 Å². The number of hydrogen-bond donors (Lipinski definition) is 1. The lowest BCUT2D eigenvalue weighted by Crippen LogP contribution is -2.40. The van der Waals surface area contributed by atoms with Crippen LogP contribution >= 0.6 is 0 Å². The molecule has 0 amide bonds. The highest BCUT2D eigenvalue weighted by molar-refractivity contribution is 5.37. The van der Waals surface area contributed by atoms with Gasteiger partial charge >= 0.3 is 0 Å². The molecule has 0 bridgehead atoms. The third kappa shape index (κ3) is 2.31. The fourth-order valence-corrected chi connectivity index (χ4v) is 2.92. The van der Waals surface area contributed by atoms with Crippen molar-refractivity contribution in [2.24, 2.45) is 11.3 Å². The largest absolute Gasteiger partial charge is 0.296 e. The van der Waals surface area contributed by atoms with Gasteiger partial charge in [-0.15, -0.1) is 6.42 Å². The maximum atomic E-state index is 5.65. The van der Waals surface area contributed by atoms with Gasteiger partial charge in [-0.2, -0.15) is 0 Å². The first-order valence-corrected chi connectivity index (χ1v) is 6.75. The van der Waals surface area contributed by atoms with Gasteiger partial charge in [-0.05, 0) is 28.9 Å². The third-order valence-corrected chi connectivity index (χ3v) is 3.99. The first-order valence-electron chi connectivity index (χ1n) is 6.75. The van der Waals surface area contributed by atoms with Gasteiger partial charge in [-0.1, -0.05) is 57.9 Å². The van der Waals surface area contributed by atoms with E-state index in [0.717, 1.165) is 6.42 Å². The summed E-state index contributed by atoms with van der Waals surface area (Å²) in [5, 5.41) is 3.68. The third-order valence-electron chi connectivity index (χ3n) is 3.99. The van der Waals surface area contributed by atoms with Crippen LogP contribution in [0, 0.1) is 23.7 Å². The Labute approximate surface area is 111 Å². The molecule has 96 valence electrons. The van der Waals surface area contributed by atoms with Gasteiger partial charge in [-0.3, -0.25) is 5.32 Å². The molecule has 1 aliphatic carbocycles.